The quantitative estimate of drug-likeness (QED) is 0.639. The lowest BCUT2D eigenvalue weighted by Gasteiger charge is -2.25. The molecule has 1 aliphatic heterocycles. The number of hydrogen-bond donors (Lipinski definition) is 2. The second kappa shape index (κ2) is 11.8. The van der Waals surface area contributed by atoms with Gasteiger partial charge in [0.1, 0.15) is 5.76 Å². The summed E-state index contributed by atoms with van der Waals surface area (Å²) in [6.45, 7) is 6.99. The maximum atomic E-state index is 12.2. The Hall–Kier alpha value is -2.92. The number of nitrogens with zero attached hydrogens (tertiary/aromatic N) is 2. The fourth-order valence-electron chi connectivity index (χ4n) is 3.20. The van der Waals surface area contributed by atoms with E-state index in [2.05, 4.69) is 46.4 Å². The number of carbonyl (C=O) groups is 2. The Balaban J connectivity index is 0.000000479. The molecule has 1 atom stereocenters. The third kappa shape index (κ3) is 8.17. The molecule has 0 fully saturated rings. The van der Waals surface area contributed by atoms with Crippen LogP contribution in [-0.4, -0.2) is 59.3 Å². The van der Waals surface area contributed by atoms with Crippen molar-refractivity contribution in [3.8, 4) is 0 Å². The Morgan fingerprint density at radius 3 is 2.42 bits per heavy atom. The number of carboxylic acid groups (broad SMARTS) is 1. The van der Waals surface area contributed by atoms with Crippen LogP contribution in [0.2, 0.25) is 0 Å². The molecule has 2 N–H and O–H groups in total. The van der Waals surface area contributed by atoms with Crippen LogP contribution in [0.25, 0.3) is 0 Å². The van der Waals surface area contributed by atoms with Crippen LogP contribution in [0.1, 0.15) is 47.1 Å². The highest BCUT2D eigenvalue weighted by atomic mass is 19.4. The smallest absolute Gasteiger partial charge is 0.475 e. The number of aryl methyl sites for hydroxylation is 1. The average molecular weight is 471 g/mol. The van der Waals surface area contributed by atoms with Crippen molar-refractivity contribution < 1.29 is 37.0 Å². The molecule has 33 heavy (non-hydrogen) atoms. The number of halogens is 3. The molecular weight excluding hydrogens is 443 g/mol. The number of hydrogen-bond acceptors (Lipinski definition) is 6. The number of methoxy groups -OCH3 is 1. The molecule has 182 valence electrons. The topological polar surface area (TPSA) is 105 Å². The van der Waals surface area contributed by atoms with Gasteiger partial charge in [-0.2, -0.15) is 13.2 Å². The van der Waals surface area contributed by atoms with Crippen molar-refractivity contribution in [2.75, 3.05) is 20.3 Å². The highest BCUT2D eigenvalue weighted by Gasteiger charge is 2.38. The number of alkyl halides is 3. The molecule has 2 aromatic rings. The van der Waals surface area contributed by atoms with Gasteiger partial charge in [0.2, 0.25) is 0 Å². The van der Waals surface area contributed by atoms with E-state index in [4.69, 9.17) is 19.1 Å². The van der Waals surface area contributed by atoms with Gasteiger partial charge < -0.3 is 19.6 Å². The van der Waals surface area contributed by atoms with E-state index in [9.17, 15) is 18.0 Å². The molecule has 0 aliphatic carbocycles. The molecule has 0 unspecified atom stereocenters. The van der Waals surface area contributed by atoms with Gasteiger partial charge in [-0.05, 0) is 24.5 Å². The Morgan fingerprint density at radius 1 is 1.27 bits per heavy atom. The summed E-state index contributed by atoms with van der Waals surface area (Å²) in [4.78, 5) is 27.9. The van der Waals surface area contributed by atoms with E-state index < -0.39 is 12.1 Å². The van der Waals surface area contributed by atoms with Gasteiger partial charge >= 0.3 is 18.1 Å². The maximum absolute atomic E-state index is 12.2. The molecule has 2 heterocycles. The second-order valence-electron chi connectivity index (χ2n) is 7.65. The van der Waals surface area contributed by atoms with E-state index in [0.717, 1.165) is 37.4 Å². The molecule has 1 amide bonds. The number of benzene rings is 1. The van der Waals surface area contributed by atoms with Crippen LogP contribution in [0.4, 0.5) is 13.2 Å². The van der Waals surface area contributed by atoms with E-state index in [1.807, 2.05) is 6.92 Å². The summed E-state index contributed by atoms with van der Waals surface area (Å²) in [6, 6.07) is 8.66. The molecule has 11 heteroatoms. The van der Waals surface area contributed by atoms with E-state index in [1.54, 1.807) is 7.11 Å². The van der Waals surface area contributed by atoms with Crippen molar-refractivity contribution in [1.29, 1.82) is 0 Å². The maximum Gasteiger partial charge on any atom is 0.490 e. The number of aliphatic carboxylic acids is 1. The molecule has 1 aromatic heterocycles. The van der Waals surface area contributed by atoms with Crippen molar-refractivity contribution in [1.82, 2.24) is 15.2 Å². The standard InChI is InChI=1S/C20H27N3O3.C2HF3O2/c1-4-15-5-7-16(8-6-15)11-23-10-9-18-17(12-23)22-20(26-18)19(24)21-14(2)13-25-3;3-2(4,5)1(6)7/h5-8,14H,4,9-13H2,1-3H3,(H,21,24);(H,6,7)/t14-;/m0./s1. The predicted octanol–water partition coefficient (Wildman–Crippen LogP) is 3.19. The van der Waals surface area contributed by atoms with Crippen LogP contribution < -0.4 is 5.32 Å². The van der Waals surface area contributed by atoms with Gasteiger partial charge in [0.25, 0.3) is 5.89 Å². The van der Waals surface area contributed by atoms with Crippen LogP contribution in [-0.2, 0) is 35.5 Å². The largest absolute Gasteiger partial charge is 0.490 e. The first-order valence-corrected chi connectivity index (χ1v) is 10.4. The average Bonchev–Trinajstić information content (AvgIpc) is 3.18. The number of fused-ring (bicyclic) bond motifs is 1. The molecular formula is C22H28F3N3O5. The Morgan fingerprint density at radius 2 is 1.88 bits per heavy atom. The van der Waals surface area contributed by atoms with E-state index in [1.165, 1.54) is 11.1 Å². The van der Waals surface area contributed by atoms with Crippen molar-refractivity contribution in [3.63, 3.8) is 0 Å². The molecule has 1 aliphatic rings. The van der Waals surface area contributed by atoms with Crippen molar-refractivity contribution in [2.45, 2.75) is 52.0 Å². The zero-order valence-corrected chi connectivity index (χ0v) is 18.7. The van der Waals surface area contributed by atoms with Crippen molar-refractivity contribution in [3.05, 3.63) is 52.7 Å². The Labute approximate surface area is 189 Å². The number of nitrogens with one attached hydrogen (secondary N) is 1. The Kier molecular flexibility index (Phi) is 9.42. The second-order valence-corrected chi connectivity index (χ2v) is 7.65. The van der Waals surface area contributed by atoms with Gasteiger partial charge in [-0.3, -0.25) is 9.69 Å². The molecule has 0 saturated carbocycles. The van der Waals surface area contributed by atoms with Crippen LogP contribution >= 0.6 is 0 Å². The van der Waals surface area contributed by atoms with Gasteiger partial charge in [-0.1, -0.05) is 31.2 Å². The number of carboxylic acids is 1. The molecule has 0 radical (unpaired) electrons. The van der Waals surface area contributed by atoms with Crippen LogP contribution in [0.15, 0.2) is 28.7 Å². The summed E-state index contributed by atoms with van der Waals surface area (Å²) in [5, 5.41) is 9.96. The molecule has 8 nitrogen and oxygen atoms in total. The number of ether oxygens (including phenoxy) is 1. The minimum absolute atomic E-state index is 0.0842. The van der Waals surface area contributed by atoms with Gasteiger partial charge in [-0.15, -0.1) is 0 Å². The first kappa shape index (κ1) is 26.3. The van der Waals surface area contributed by atoms with E-state index in [-0.39, 0.29) is 17.8 Å². The number of carbonyl (C=O) groups excluding carboxylic acids is 1. The molecule has 0 bridgehead atoms. The van der Waals surface area contributed by atoms with Crippen LogP contribution in [0, 0.1) is 0 Å². The lowest BCUT2D eigenvalue weighted by atomic mass is 10.1. The zero-order chi connectivity index (χ0) is 24.6. The number of oxazole rings is 1. The monoisotopic (exact) mass is 471 g/mol. The number of rotatable bonds is 7. The van der Waals surface area contributed by atoms with Crippen LogP contribution in [0.5, 0.6) is 0 Å². The summed E-state index contributed by atoms with van der Waals surface area (Å²) >= 11 is 0. The minimum Gasteiger partial charge on any atom is -0.475 e. The van der Waals surface area contributed by atoms with Gasteiger partial charge in [0.15, 0.2) is 0 Å². The summed E-state index contributed by atoms with van der Waals surface area (Å²) < 4.78 is 42.5. The fraction of sp³-hybridized carbons (Fsp3) is 0.500. The highest BCUT2D eigenvalue weighted by Crippen LogP contribution is 2.21. The van der Waals surface area contributed by atoms with Gasteiger partial charge in [-0.25, -0.2) is 9.78 Å². The van der Waals surface area contributed by atoms with Gasteiger partial charge in [0.05, 0.1) is 12.3 Å². The molecule has 1 aromatic carbocycles. The SMILES string of the molecule is CCc1ccc(CN2CCc3oc(C(=O)N[C@@H](C)COC)nc3C2)cc1.O=C(O)C(F)(F)F. The minimum atomic E-state index is -5.08. The van der Waals surface area contributed by atoms with E-state index >= 15 is 0 Å². The number of amides is 1. The fourth-order valence-corrected chi connectivity index (χ4v) is 3.20. The zero-order valence-electron chi connectivity index (χ0n) is 18.7. The lowest BCUT2D eigenvalue weighted by Crippen LogP contribution is -2.35. The van der Waals surface area contributed by atoms with Crippen molar-refractivity contribution in [2.24, 2.45) is 0 Å². The summed E-state index contributed by atoms with van der Waals surface area (Å²) in [5.74, 6) is -2.07. The summed E-state index contributed by atoms with van der Waals surface area (Å²) in [5.41, 5.74) is 3.51. The highest BCUT2D eigenvalue weighted by molar-refractivity contribution is 5.89. The molecule has 0 spiro atoms. The first-order valence-electron chi connectivity index (χ1n) is 10.4. The molecule has 0 saturated heterocycles. The van der Waals surface area contributed by atoms with E-state index in [0.29, 0.717) is 13.2 Å². The summed E-state index contributed by atoms with van der Waals surface area (Å²) in [6.07, 6.45) is -3.25. The van der Waals surface area contributed by atoms with Gasteiger partial charge in [0, 0.05) is 39.2 Å². The summed E-state index contributed by atoms with van der Waals surface area (Å²) in [7, 11) is 1.61. The Bertz CT molecular complexity index is 928. The van der Waals surface area contributed by atoms with Crippen LogP contribution in [0.3, 0.4) is 0 Å². The molecule has 3 rings (SSSR count). The van der Waals surface area contributed by atoms with Crippen molar-refractivity contribution >= 4 is 11.9 Å². The predicted molar refractivity (Wildman–Crippen MR) is 113 cm³/mol. The number of aromatic nitrogens is 1. The normalized spacial score (nSPS) is 14.6. The lowest BCUT2D eigenvalue weighted by molar-refractivity contribution is -0.192. The third-order valence-electron chi connectivity index (χ3n) is 4.88. The third-order valence-corrected chi connectivity index (χ3v) is 4.88. The first-order chi connectivity index (χ1) is 15.5.